The summed E-state index contributed by atoms with van der Waals surface area (Å²) in [6.45, 7) is 6.07. The SMILES string of the molecule is CC.Cc1cccc(-c2cnn(C)n2)c1. The van der Waals surface area contributed by atoms with Crippen LogP contribution in [0.4, 0.5) is 0 Å². The third-order valence-corrected chi connectivity index (χ3v) is 1.91. The highest BCUT2D eigenvalue weighted by molar-refractivity contribution is 5.58. The van der Waals surface area contributed by atoms with Crippen LogP contribution in [0.2, 0.25) is 0 Å². The van der Waals surface area contributed by atoms with Crippen LogP contribution in [-0.4, -0.2) is 15.0 Å². The molecule has 3 nitrogen and oxygen atoms in total. The van der Waals surface area contributed by atoms with Crippen molar-refractivity contribution in [1.29, 1.82) is 0 Å². The predicted octanol–water partition coefficient (Wildman–Crippen LogP) is 2.82. The van der Waals surface area contributed by atoms with E-state index in [4.69, 9.17) is 0 Å². The molecule has 0 N–H and O–H groups in total. The lowest BCUT2D eigenvalue weighted by atomic mass is 10.1. The van der Waals surface area contributed by atoms with Crippen LogP contribution in [0.3, 0.4) is 0 Å². The summed E-state index contributed by atoms with van der Waals surface area (Å²) in [4.78, 5) is 1.57. The Kier molecular flexibility index (Phi) is 4.03. The largest absolute Gasteiger partial charge is 0.187 e. The van der Waals surface area contributed by atoms with E-state index in [0.717, 1.165) is 11.3 Å². The normalized spacial score (nSPS) is 9.33. The van der Waals surface area contributed by atoms with Crippen molar-refractivity contribution in [2.45, 2.75) is 20.8 Å². The lowest BCUT2D eigenvalue weighted by Crippen LogP contribution is -1.91. The van der Waals surface area contributed by atoms with Crippen molar-refractivity contribution < 1.29 is 0 Å². The molecule has 0 aliphatic carbocycles. The Morgan fingerprint density at radius 2 is 1.93 bits per heavy atom. The number of nitrogens with zero attached hydrogens (tertiary/aromatic N) is 3. The van der Waals surface area contributed by atoms with Crippen molar-refractivity contribution in [2.24, 2.45) is 7.05 Å². The zero-order chi connectivity index (χ0) is 11.3. The first kappa shape index (κ1) is 11.4. The molecule has 0 saturated carbocycles. The van der Waals surface area contributed by atoms with Gasteiger partial charge < -0.3 is 0 Å². The fourth-order valence-electron chi connectivity index (χ4n) is 1.28. The van der Waals surface area contributed by atoms with Crippen molar-refractivity contribution in [1.82, 2.24) is 15.0 Å². The van der Waals surface area contributed by atoms with E-state index in [2.05, 4.69) is 29.3 Å². The van der Waals surface area contributed by atoms with Gasteiger partial charge in [-0.3, -0.25) is 0 Å². The van der Waals surface area contributed by atoms with Gasteiger partial charge in [-0.05, 0) is 13.0 Å². The Hall–Kier alpha value is -1.64. The summed E-state index contributed by atoms with van der Waals surface area (Å²) in [5.74, 6) is 0. The van der Waals surface area contributed by atoms with Gasteiger partial charge in [0.15, 0.2) is 0 Å². The maximum atomic E-state index is 4.23. The van der Waals surface area contributed by atoms with Gasteiger partial charge in [0.1, 0.15) is 5.69 Å². The smallest absolute Gasteiger partial charge is 0.113 e. The zero-order valence-corrected chi connectivity index (χ0v) is 9.73. The average molecular weight is 203 g/mol. The number of benzene rings is 1. The molecule has 0 fully saturated rings. The summed E-state index contributed by atoms with van der Waals surface area (Å²) in [6.07, 6.45) is 1.77. The van der Waals surface area contributed by atoms with Crippen LogP contribution in [0.5, 0.6) is 0 Å². The first-order valence-corrected chi connectivity index (χ1v) is 5.19. The van der Waals surface area contributed by atoms with Crippen molar-refractivity contribution >= 4 is 0 Å². The van der Waals surface area contributed by atoms with Crippen molar-refractivity contribution in [3.63, 3.8) is 0 Å². The summed E-state index contributed by atoms with van der Waals surface area (Å²) < 4.78 is 0. The van der Waals surface area contributed by atoms with Crippen LogP contribution >= 0.6 is 0 Å². The van der Waals surface area contributed by atoms with Gasteiger partial charge in [-0.2, -0.15) is 15.0 Å². The average Bonchev–Trinajstić information content (AvgIpc) is 2.68. The van der Waals surface area contributed by atoms with Gasteiger partial charge >= 0.3 is 0 Å². The number of aryl methyl sites for hydroxylation is 2. The third kappa shape index (κ3) is 2.91. The number of hydrogen-bond donors (Lipinski definition) is 0. The Morgan fingerprint density at radius 3 is 2.47 bits per heavy atom. The minimum Gasteiger partial charge on any atom is -0.187 e. The fourth-order valence-corrected chi connectivity index (χ4v) is 1.28. The maximum Gasteiger partial charge on any atom is 0.113 e. The van der Waals surface area contributed by atoms with Crippen LogP contribution in [0.15, 0.2) is 30.5 Å². The third-order valence-electron chi connectivity index (χ3n) is 1.91. The molecule has 0 spiro atoms. The van der Waals surface area contributed by atoms with E-state index in [0.29, 0.717) is 0 Å². The van der Waals surface area contributed by atoms with Gasteiger partial charge in [-0.1, -0.05) is 37.6 Å². The van der Waals surface area contributed by atoms with E-state index in [-0.39, 0.29) is 0 Å². The predicted molar refractivity (Wildman–Crippen MR) is 62.5 cm³/mol. The summed E-state index contributed by atoms with van der Waals surface area (Å²) in [5.41, 5.74) is 3.28. The molecule has 1 aromatic carbocycles. The van der Waals surface area contributed by atoms with E-state index < -0.39 is 0 Å². The second-order valence-corrected chi connectivity index (χ2v) is 3.09. The van der Waals surface area contributed by atoms with Crippen LogP contribution in [0.1, 0.15) is 19.4 Å². The Bertz CT molecular complexity index is 418. The molecule has 0 radical (unpaired) electrons. The Labute approximate surface area is 90.7 Å². The molecule has 80 valence electrons. The van der Waals surface area contributed by atoms with Crippen LogP contribution in [0.25, 0.3) is 11.3 Å². The van der Waals surface area contributed by atoms with Gasteiger partial charge in [0.2, 0.25) is 0 Å². The van der Waals surface area contributed by atoms with E-state index >= 15 is 0 Å². The minimum atomic E-state index is 0.922. The van der Waals surface area contributed by atoms with Crippen LogP contribution in [0, 0.1) is 6.92 Å². The van der Waals surface area contributed by atoms with E-state index in [1.54, 1.807) is 11.0 Å². The first-order chi connectivity index (χ1) is 7.25. The maximum absolute atomic E-state index is 4.23. The molecule has 1 heterocycles. The molecule has 0 unspecified atom stereocenters. The summed E-state index contributed by atoms with van der Waals surface area (Å²) in [7, 11) is 1.82. The van der Waals surface area contributed by atoms with Crippen molar-refractivity contribution in [3.05, 3.63) is 36.0 Å². The topological polar surface area (TPSA) is 30.7 Å². The second-order valence-electron chi connectivity index (χ2n) is 3.09. The zero-order valence-electron chi connectivity index (χ0n) is 9.73. The number of hydrogen-bond acceptors (Lipinski definition) is 2. The molecule has 0 amide bonds. The molecule has 15 heavy (non-hydrogen) atoms. The van der Waals surface area contributed by atoms with E-state index in [1.165, 1.54) is 5.56 Å². The van der Waals surface area contributed by atoms with Gasteiger partial charge in [-0.15, -0.1) is 0 Å². The lowest BCUT2D eigenvalue weighted by Gasteiger charge is -1.96. The summed E-state index contributed by atoms with van der Waals surface area (Å²) in [5, 5.41) is 8.26. The molecule has 0 saturated heterocycles. The molecule has 0 bridgehead atoms. The van der Waals surface area contributed by atoms with E-state index in [9.17, 15) is 0 Å². The van der Waals surface area contributed by atoms with E-state index in [1.807, 2.05) is 33.0 Å². The van der Waals surface area contributed by atoms with Crippen molar-refractivity contribution in [3.8, 4) is 11.3 Å². The van der Waals surface area contributed by atoms with Gasteiger partial charge in [0.25, 0.3) is 0 Å². The van der Waals surface area contributed by atoms with Crippen LogP contribution < -0.4 is 0 Å². The molecule has 0 aliphatic heterocycles. The fraction of sp³-hybridized carbons (Fsp3) is 0.333. The number of aromatic nitrogens is 3. The Balaban J connectivity index is 0.000000531. The Morgan fingerprint density at radius 1 is 1.20 bits per heavy atom. The van der Waals surface area contributed by atoms with Gasteiger partial charge in [0.05, 0.1) is 6.20 Å². The first-order valence-electron chi connectivity index (χ1n) is 5.19. The lowest BCUT2D eigenvalue weighted by molar-refractivity contribution is 0.655. The second kappa shape index (κ2) is 5.29. The molecule has 2 aromatic rings. The standard InChI is InChI=1S/C10H11N3.C2H6/c1-8-4-3-5-9(6-8)10-7-11-13(2)12-10;1-2/h3-7H,1-2H3;1-2H3. The summed E-state index contributed by atoms with van der Waals surface area (Å²) in [6, 6.07) is 8.24. The molecule has 2 rings (SSSR count). The highest BCUT2D eigenvalue weighted by Gasteiger charge is 2.00. The molecule has 1 aromatic heterocycles. The minimum absolute atomic E-state index is 0.922. The highest BCUT2D eigenvalue weighted by Crippen LogP contribution is 2.16. The summed E-state index contributed by atoms with van der Waals surface area (Å²) >= 11 is 0. The molecular weight excluding hydrogens is 186 g/mol. The van der Waals surface area contributed by atoms with Crippen molar-refractivity contribution in [2.75, 3.05) is 0 Å². The monoisotopic (exact) mass is 203 g/mol. The van der Waals surface area contributed by atoms with Gasteiger partial charge in [0, 0.05) is 12.6 Å². The number of rotatable bonds is 1. The highest BCUT2D eigenvalue weighted by atomic mass is 15.4. The van der Waals surface area contributed by atoms with Crippen LogP contribution in [-0.2, 0) is 7.05 Å². The van der Waals surface area contributed by atoms with Gasteiger partial charge in [-0.25, -0.2) is 0 Å². The molecule has 0 atom stereocenters. The molecule has 0 aliphatic rings. The molecular formula is C12H17N3. The quantitative estimate of drug-likeness (QED) is 0.713. The molecule has 3 heteroatoms.